The fourth-order valence-electron chi connectivity index (χ4n) is 7.17. The van der Waals surface area contributed by atoms with E-state index in [1.807, 2.05) is 56.3 Å². The Labute approximate surface area is 303 Å². The zero-order valence-electron chi connectivity index (χ0n) is 29.0. The molecule has 0 saturated carbocycles. The Bertz CT molecular complexity index is 2640. The lowest BCUT2D eigenvalue weighted by Crippen LogP contribution is -2.33. The van der Waals surface area contributed by atoms with E-state index in [0.717, 1.165) is 62.0 Å². The lowest BCUT2D eigenvalue weighted by atomic mass is 9.90. The minimum Gasteiger partial charge on any atom is -0.344 e. The van der Waals surface area contributed by atoms with Gasteiger partial charge < -0.3 is 5.32 Å². The second-order valence-electron chi connectivity index (χ2n) is 13.3. The highest BCUT2D eigenvalue weighted by Crippen LogP contribution is 2.39. The molecule has 1 unspecified atom stereocenters. The van der Waals surface area contributed by atoms with Crippen LogP contribution in [-0.4, -0.2) is 21.6 Å². The standard InChI is InChI=1S/C47H35N5/c1-30-25-31(2)49-44(48-30)35-23-21-32(22-24-35)37-26-38(43-29-36-17-9-10-18-40(36)41-19-11-12-20-42(41)43)28-39(27-37)47-51-45(33-13-5-3-6-14-33)50-46(52-47)34-15-7-4-8-16-34/h3-29,47H,1-2H3,(H,50,51,52). The molecular formula is C47H35N5. The number of hydrogen-bond donors (Lipinski definition) is 1. The summed E-state index contributed by atoms with van der Waals surface area (Å²) in [6.07, 6.45) is -0.378. The van der Waals surface area contributed by atoms with Gasteiger partial charge in [-0.15, -0.1) is 0 Å². The summed E-state index contributed by atoms with van der Waals surface area (Å²) in [5.74, 6) is 2.23. The van der Waals surface area contributed by atoms with Crippen molar-refractivity contribution in [3.05, 3.63) is 192 Å². The molecule has 2 heterocycles. The highest BCUT2D eigenvalue weighted by atomic mass is 15.2. The van der Waals surface area contributed by atoms with Crippen LogP contribution in [0, 0.1) is 13.8 Å². The molecule has 0 amide bonds. The molecule has 0 bridgehead atoms. The number of fused-ring (bicyclic) bond motifs is 3. The third-order valence-electron chi connectivity index (χ3n) is 9.63. The average molecular weight is 670 g/mol. The number of amidine groups is 2. The first-order valence-corrected chi connectivity index (χ1v) is 17.6. The van der Waals surface area contributed by atoms with Crippen molar-refractivity contribution < 1.29 is 0 Å². The van der Waals surface area contributed by atoms with E-state index < -0.39 is 0 Å². The Morgan fingerprint density at radius 3 is 1.79 bits per heavy atom. The number of rotatable bonds is 6. The predicted octanol–water partition coefficient (Wildman–Crippen LogP) is 10.9. The van der Waals surface area contributed by atoms with Gasteiger partial charge in [0.05, 0.1) is 0 Å². The molecular weight excluding hydrogens is 635 g/mol. The van der Waals surface area contributed by atoms with Crippen LogP contribution in [0.1, 0.15) is 34.2 Å². The van der Waals surface area contributed by atoms with Gasteiger partial charge >= 0.3 is 0 Å². The van der Waals surface area contributed by atoms with Crippen LogP contribution in [0.15, 0.2) is 174 Å². The molecule has 0 radical (unpaired) electrons. The van der Waals surface area contributed by atoms with E-state index in [0.29, 0.717) is 5.84 Å². The molecule has 8 aromatic rings. The summed E-state index contributed by atoms with van der Waals surface area (Å²) in [7, 11) is 0. The van der Waals surface area contributed by atoms with E-state index >= 15 is 0 Å². The van der Waals surface area contributed by atoms with Crippen LogP contribution in [0.5, 0.6) is 0 Å². The summed E-state index contributed by atoms with van der Waals surface area (Å²) >= 11 is 0. The number of aryl methyl sites for hydroxylation is 2. The van der Waals surface area contributed by atoms with Gasteiger partial charge in [0, 0.05) is 28.1 Å². The summed E-state index contributed by atoms with van der Waals surface area (Å²) in [5.41, 5.74) is 10.4. The van der Waals surface area contributed by atoms with E-state index in [9.17, 15) is 0 Å². The van der Waals surface area contributed by atoms with Crippen LogP contribution in [0.3, 0.4) is 0 Å². The van der Waals surface area contributed by atoms with E-state index in [-0.39, 0.29) is 6.17 Å². The van der Waals surface area contributed by atoms with Gasteiger partial charge in [-0.1, -0.05) is 133 Å². The summed E-state index contributed by atoms with van der Waals surface area (Å²) in [5, 5.41) is 8.60. The van der Waals surface area contributed by atoms with Crippen LogP contribution >= 0.6 is 0 Å². The molecule has 1 N–H and O–H groups in total. The van der Waals surface area contributed by atoms with Crippen molar-refractivity contribution in [1.29, 1.82) is 0 Å². The fourth-order valence-corrected chi connectivity index (χ4v) is 7.17. The highest BCUT2D eigenvalue weighted by molar-refractivity contribution is 6.14. The lowest BCUT2D eigenvalue weighted by Gasteiger charge is -2.25. The van der Waals surface area contributed by atoms with Gasteiger partial charge in [0.15, 0.2) is 11.7 Å². The Balaban J connectivity index is 1.23. The number of aromatic nitrogens is 2. The maximum atomic E-state index is 5.25. The van der Waals surface area contributed by atoms with Crippen LogP contribution in [0.25, 0.3) is 55.2 Å². The second-order valence-corrected chi connectivity index (χ2v) is 13.3. The first-order valence-electron chi connectivity index (χ1n) is 17.6. The largest absolute Gasteiger partial charge is 0.344 e. The number of nitrogens with zero attached hydrogens (tertiary/aromatic N) is 4. The monoisotopic (exact) mass is 669 g/mol. The topological polar surface area (TPSA) is 62.5 Å². The SMILES string of the molecule is Cc1cc(C)nc(-c2ccc(-c3cc(-c4cc5ccccc5c5ccccc45)cc(C4N=C(c5ccccc5)N=C(c5ccccc5)N4)c3)cc2)n1. The third-order valence-corrected chi connectivity index (χ3v) is 9.63. The van der Waals surface area contributed by atoms with Crippen molar-refractivity contribution in [2.45, 2.75) is 20.0 Å². The molecule has 5 heteroatoms. The van der Waals surface area contributed by atoms with Gasteiger partial charge in [0.1, 0.15) is 12.0 Å². The van der Waals surface area contributed by atoms with E-state index in [1.54, 1.807) is 0 Å². The van der Waals surface area contributed by atoms with Gasteiger partial charge in [0.2, 0.25) is 0 Å². The van der Waals surface area contributed by atoms with Crippen molar-refractivity contribution in [2.24, 2.45) is 9.98 Å². The molecule has 1 aromatic heterocycles. The van der Waals surface area contributed by atoms with Crippen LogP contribution in [-0.2, 0) is 0 Å². The molecule has 52 heavy (non-hydrogen) atoms. The van der Waals surface area contributed by atoms with E-state index in [2.05, 4.69) is 127 Å². The number of benzene rings is 7. The van der Waals surface area contributed by atoms with Gasteiger partial charge in [-0.05, 0) is 93.5 Å². The first kappa shape index (κ1) is 31.3. The van der Waals surface area contributed by atoms with Gasteiger partial charge in [-0.2, -0.15) is 0 Å². The maximum Gasteiger partial charge on any atom is 0.159 e. The van der Waals surface area contributed by atoms with E-state index in [4.69, 9.17) is 20.0 Å². The van der Waals surface area contributed by atoms with Crippen molar-refractivity contribution in [1.82, 2.24) is 15.3 Å². The molecule has 1 atom stereocenters. The summed E-state index contributed by atoms with van der Waals surface area (Å²) < 4.78 is 0. The van der Waals surface area contributed by atoms with Crippen LogP contribution in [0.2, 0.25) is 0 Å². The fraction of sp³-hybridized carbons (Fsp3) is 0.0638. The summed E-state index contributed by atoms with van der Waals surface area (Å²) in [6.45, 7) is 4.02. The minimum absolute atomic E-state index is 0.378. The third kappa shape index (κ3) is 6.03. The van der Waals surface area contributed by atoms with Gasteiger partial charge in [-0.3, -0.25) is 0 Å². The first-order chi connectivity index (χ1) is 25.6. The van der Waals surface area contributed by atoms with Gasteiger partial charge in [0.25, 0.3) is 0 Å². The molecule has 5 nitrogen and oxygen atoms in total. The van der Waals surface area contributed by atoms with Crippen molar-refractivity contribution in [3.8, 4) is 33.6 Å². The highest BCUT2D eigenvalue weighted by Gasteiger charge is 2.23. The molecule has 7 aromatic carbocycles. The molecule has 1 aliphatic heterocycles. The van der Waals surface area contributed by atoms with Gasteiger partial charge in [-0.25, -0.2) is 20.0 Å². The number of hydrogen-bond acceptors (Lipinski definition) is 5. The zero-order chi connectivity index (χ0) is 35.0. The minimum atomic E-state index is -0.378. The second kappa shape index (κ2) is 13.2. The van der Waals surface area contributed by atoms with Crippen LogP contribution < -0.4 is 5.32 Å². The predicted molar refractivity (Wildman–Crippen MR) is 215 cm³/mol. The smallest absolute Gasteiger partial charge is 0.159 e. The molecule has 0 saturated heterocycles. The Morgan fingerprint density at radius 1 is 0.462 bits per heavy atom. The van der Waals surface area contributed by atoms with E-state index in [1.165, 1.54) is 27.1 Å². The lowest BCUT2D eigenvalue weighted by molar-refractivity contribution is 0.674. The summed E-state index contributed by atoms with van der Waals surface area (Å²) in [6, 6.07) is 57.6. The quantitative estimate of drug-likeness (QED) is 0.179. The Hall–Kier alpha value is -6.72. The Kier molecular flexibility index (Phi) is 7.94. The molecule has 9 rings (SSSR count). The Morgan fingerprint density at radius 2 is 1.06 bits per heavy atom. The molecule has 1 aliphatic rings. The van der Waals surface area contributed by atoms with Crippen molar-refractivity contribution >= 4 is 33.2 Å². The molecule has 0 fully saturated rings. The molecule has 0 aliphatic carbocycles. The molecule has 0 spiro atoms. The number of nitrogens with one attached hydrogen (secondary N) is 1. The average Bonchev–Trinajstić information content (AvgIpc) is 3.20. The number of aliphatic imine (C=N–C) groups is 2. The summed E-state index contributed by atoms with van der Waals surface area (Å²) in [4.78, 5) is 19.7. The van der Waals surface area contributed by atoms with Crippen molar-refractivity contribution in [2.75, 3.05) is 0 Å². The van der Waals surface area contributed by atoms with Crippen molar-refractivity contribution in [3.63, 3.8) is 0 Å². The van der Waals surface area contributed by atoms with Crippen LogP contribution in [0.4, 0.5) is 0 Å². The molecule has 248 valence electrons. The normalized spacial score (nSPS) is 14.2. The maximum absolute atomic E-state index is 5.25. The zero-order valence-corrected chi connectivity index (χ0v) is 29.0.